The third kappa shape index (κ3) is 4.50. The minimum atomic E-state index is -3.71. The Hall–Kier alpha value is -1.50. The van der Waals surface area contributed by atoms with E-state index in [-0.39, 0.29) is 11.3 Å². The van der Waals surface area contributed by atoms with Crippen molar-refractivity contribution in [1.29, 1.82) is 0 Å². The molecule has 2 aromatic carbocycles. The van der Waals surface area contributed by atoms with Gasteiger partial charge in [-0.15, -0.1) is 0 Å². The van der Waals surface area contributed by atoms with Gasteiger partial charge in [-0.3, -0.25) is 0 Å². The topological polar surface area (TPSA) is 54.4 Å². The van der Waals surface area contributed by atoms with Crippen molar-refractivity contribution in [2.45, 2.75) is 11.9 Å². The average molecular weight is 347 g/mol. The van der Waals surface area contributed by atoms with Crippen molar-refractivity contribution in [2.24, 2.45) is 0 Å². The standard InChI is InChI=1S/C15H13ClF2O3S/c16-11-3-1-10(2-4-11)8-22(20,21)9-15(19)13-7-12(17)5-6-14(13)18/h1-7,15,19H,8-9H2. The van der Waals surface area contributed by atoms with Crippen LogP contribution in [-0.2, 0) is 15.6 Å². The van der Waals surface area contributed by atoms with E-state index in [0.29, 0.717) is 10.6 Å². The molecule has 0 heterocycles. The van der Waals surface area contributed by atoms with Gasteiger partial charge in [0.1, 0.15) is 11.6 Å². The number of aliphatic hydroxyl groups excluding tert-OH is 1. The van der Waals surface area contributed by atoms with Crippen LogP contribution in [0.15, 0.2) is 42.5 Å². The molecule has 1 N–H and O–H groups in total. The lowest BCUT2D eigenvalue weighted by Crippen LogP contribution is -2.17. The Morgan fingerprint density at radius 1 is 1.09 bits per heavy atom. The van der Waals surface area contributed by atoms with Crippen molar-refractivity contribution >= 4 is 21.4 Å². The molecule has 2 rings (SSSR count). The van der Waals surface area contributed by atoms with E-state index in [1.54, 1.807) is 24.3 Å². The van der Waals surface area contributed by atoms with E-state index >= 15 is 0 Å². The molecule has 118 valence electrons. The van der Waals surface area contributed by atoms with Crippen molar-refractivity contribution in [2.75, 3.05) is 5.75 Å². The first-order chi connectivity index (χ1) is 10.3. The molecule has 3 nitrogen and oxygen atoms in total. The largest absolute Gasteiger partial charge is 0.387 e. The van der Waals surface area contributed by atoms with Gasteiger partial charge in [0, 0.05) is 10.6 Å². The lowest BCUT2D eigenvalue weighted by molar-refractivity contribution is 0.196. The lowest BCUT2D eigenvalue weighted by atomic mass is 10.1. The van der Waals surface area contributed by atoms with E-state index in [1.165, 1.54) is 0 Å². The van der Waals surface area contributed by atoms with Gasteiger partial charge in [0.25, 0.3) is 0 Å². The molecule has 0 saturated carbocycles. The SMILES string of the molecule is O=S(=O)(Cc1ccc(Cl)cc1)CC(O)c1cc(F)ccc1F. The third-order valence-electron chi connectivity index (χ3n) is 3.03. The summed E-state index contributed by atoms with van der Waals surface area (Å²) in [6.07, 6.45) is -1.63. The monoisotopic (exact) mass is 346 g/mol. The quantitative estimate of drug-likeness (QED) is 0.904. The predicted octanol–water partition coefficient (Wildman–Crippen LogP) is 3.27. The predicted molar refractivity (Wildman–Crippen MR) is 80.3 cm³/mol. The van der Waals surface area contributed by atoms with Crippen LogP contribution in [0, 0.1) is 11.6 Å². The van der Waals surface area contributed by atoms with Crippen LogP contribution in [0.4, 0.5) is 8.78 Å². The fraction of sp³-hybridized carbons (Fsp3) is 0.200. The highest BCUT2D eigenvalue weighted by molar-refractivity contribution is 7.90. The molecule has 0 aliphatic rings. The van der Waals surface area contributed by atoms with Gasteiger partial charge < -0.3 is 5.11 Å². The maximum Gasteiger partial charge on any atom is 0.157 e. The maximum absolute atomic E-state index is 13.5. The van der Waals surface area contributed by atoms with Gasteiger partial charge in [0.15, 0.2) is 9.84 Å². The van der Waals surface area contributed by atoms with Crippen molar-refractivity contribution in [3.05, 3.63) is 70.2 Å². The molecule has 0 amide bonds. The van der Waals surface area contributed by atoms with E-state index in [0.717, 1.165) is 18.2 Å². The lowest BCUT2D eigenvalue weighted by Gasteiger charge is -2.13. The normalized spacial score (nSPS) is 13.1. The Kier molecular flexibility index (Phi) is 5.16. The first-order valence-electron chi connectivity index (χ1n) is 6.35. The van der Waals surface area contributed by atoms with Crippen molar-refractivity contribution in [3.63, 3.8) is 0 Å². The van der Waals surface area contributed by atoms with Crippen LogP contribution in [0.25, 0.3) is 0 Å². The molecular formula is C15H13ClF2O3S. The molecule has 2 aromatic rings. The molecule has 0 aliphatic heterocycles. The molecule has 1 unspecified atom stereocenters. The van der Waals surface area contributed by atoms with Crippen LogP contribution in [0.1, 0.15) is 17.2 Å². The van der Waals surface area contributed by atoms with Crippen LogP contribution in [0.2, 0.25) is 5.02 Å². The second-order valence-electron chi connectivity index (χ2n) is 4.86. The molecule has 7 heteroatoms. The molecule has 0 radical (unpaired) electrons. The highest BCUT2D eigenvalue weighted by atomic mass is 35.5. The second kappa shape index (κ2) is 6.73. The number of rotatable bonds is 5. The van der Waals surface area contributed by atoms with E-state index < -0.39 is 33.3 Å². The van der Waals surface area contributed by atoms with Crippen LogP contribution in [0.5, 0.6) is 0 Å². The Balaban J connectivity index is 2.14. The number of benzene rings is 2. The van der Waals surface area contributed by atoms with Crippen molar-refractivity contribution < 1.29 is 22.3 Å². The number of halogens is 3. The van der Waals surface area contributed by atoms with E-state index in [2.05, 4.69) is 0 Å². The molecule has 22 heavy (non-hydrogen) atoms. The van der Waals surface area contributed by atoms with Gasteiger partial charge in [-0.2, -0.15) is 0 Å². The van der Waals surface area contributed by atoms with Crippen molar-refractivity contribution in [3.8, 4) is 0 Å². The van der Waals surface area contributed by atoms with Gasteiger partial charge in [0.05, 0.1) is 17.6 Å². The van der Waals surface area contributed by atoms with Crippen LogP contribution >= 0.6 is 11.6 Å². The highest BCUT2D eigenvalue weighted by Gasteiger charge is 2.22. The molecule has 0 aliphatic carbocycles. The Morgan fingerprint density at radius 3 is 2.36 bits per heavy atom. The zero-order chi connectivity index (χ0) is 16.3. The maximum atomic E-state index is 13.5. The van der Waals surface area contributed by atoms with Crippen LogP contribution in [0.3, 0.4) is 0 Å². The van der Waals surface area contributed by atoms with Gasteiger partial charge >= 0.3 is 0 Å². The smallest absolute Gasteiger partial charge is 0.157 e. The van der Waals surface area contributed by atoms with Gasteiger partial charge in [-0.05, 0) is 35.9 Å². The Labute approximate surface area is 132 Å². The zero-order valence-electron chi connectivity index (χ0n) is 11.3. The van der Waals surface area contributed by atoms with E-state index in [1.807, 2.05) is 0 Å². The van der Waals surface area contributed by atoms with E-state index in [4.69, 9.17) is 11.6 Å². The molecule has 0 saturated heterocycles. The summed E-state index contributed by atoms with van der Waals surface area (Å²) in [5.74, 6) is -2.62. The molecule has 0 spiro atoms. The van der Waals surface area contributed by atoms with Crippen molar-refractivity contribution in [1.82, 2.24) is 0 Å². The van der Waals surface area contributed by atoms with Gasteiger partial charge in [-0.1, -0.05) is 23.7 Å². The number of sulfone groups is 1. The minimum absolute atomic E-state index is 0.321. The molecule has 0 bridgehead atoms. The van der Waals surface area contributed by atoms with Crippen LogP contribution in [-0.4, -0.2) is 19.3 Å². The second-order valence-corrected chi connectivity index (χ2v) is 7.41. The van der Waals surface area contributed by atoms with Gasteiger partial charge in [-0.25, -0.2) is 17.2 Å². The summed E-state index contributed by atoms with van der Waals surface area (Å²) >= 11 is 5.71. The molecule has 0 fully saturated rings. The molecule has 0 aromatic heterocycles. The average Bonchev–Trinajstić information content (AvgIpc) is 2.43. The number of aliphatic hydroxyl groups is 1. The highest BCUT2D eigenvalue weighted by Crippen LogP contribution is 2.21. The number of hydrogen-bond acceptors (Lipinski definition) is 3. The zero-order valence-corrected chi connectivity index (χ0v) is 12.9. The fourth-order valence-electron chi connectivity index (χ4n) is 1.99. The Bertz CT molecular complexity index is 761. The molecule has 1 atom stereocenters. The summed E-state index contributed by atoms with van der Waals surface area (Å²) in [4.78, 5) is 0. The third-order valence-corrected chi connectivity index (χ3v) is 4.88. The fourth-order valence-corrected chi connectivity index (χ4v) is 3.60. The first kappa shape index (κ1) is 16.9. The van der Waals surface area contributed by atoms with E-state index in [9.17, 15) is 22.3 Å². The summed E-state index contributed by atoms with van der Waals surface area (Å²) < 4.78 is 50.7. The summed E-state index contributed by atoms with van der Waals surface area (Å²) in [7, 11) is -3.71. The summed E-state index contributed by atoms with van der Waals surface area (Å²) in [5.41, 5.74) is 0.121. The first-order valence-corrected chi connectivity index (χ1v) is 8.55. The van der Waals surface area contributed by atoms with Crippen LogP contribution < -0.4 is 0 Å². The molecular weight excluding hydrogens is 334 g/mol. The van der Waals surface area contributed by atoms with Gasteiger partial charge in [0.2, 0.25) is 0 Å². The summed E-state index contributed by atoms with van der Waals surface area (Å²) in [5, 5.41) is 10.4. The minimum Gasteiger partial charge on any atom is -0.387 e. The Morgan fingerprint density at radius 2 is 1.73 bits per heavy atom. The summed E-state index contributed by atoms with van der Waals surface area (Å²) in [6.45, 7) is 0. The summed E-state index contributed by atoms with van der Waals surface area (Å²) in [6, 6.07) is 8.74. The number of hydrogen-bond donors (Lipinski definition) is 1.